The van der Waals surface area contributed by atoms with Gasteiger partial charge in [-0.2, -0.15) is 0 Å². The van der Waals surface area contributed by atoms with Gasteiger partial charge in [0.25, 0.3) is 0 Å². The van der Waals surface area contributed by atoms with E-state index in [2.05, 4.69) is 18.8 Å². The van der Waals surface area contributed by atoms with Gasteiger partial charge < -0.3 is 5.32 Å². The number of hydrogen-bond acceptors (Lipinski definition) is 2. The highest BCUT2D eigenvalue weighted by molar-refractivity contribution is 7.84. The molecule has 0 aliphatic rings. The first kappa shape index (κ1) is 12.8. The summed E-state index contributed by atoms with van der Waals surface area (Å²) in [5.41, 5.74) is 0. The van der Waals surface area contributed by atoms with E-state index >= 15 is 0 Å². The molecule has 2 nitrogen and oxygen atoms in total. The molecule has 0 aliphatic carbocycles. The van der Waals surface area contributed by atoms with Crippen LogP contribution in [0.25, 0.3) is 0 Å². The Kier molecular flexibility index (Phi) is 8.35. The highest BCUT2D eigenvalue weighted by Gasteiger charge is 2.00. The summed E-state index contributed by atoms with van der Waals surface area (Å²) < 4.78 is 11.1. The molecule has 0 saturated heterocycles. The van der Waals surface area contributed by atoms with E-state index in [1.54, 1.807) is 0 Å². The normalized spacial score (nSPS) is 15.2. The number of nitrogens with one attached hydrogen (secondary N) is 1. The standard InChI is InChI=1S/C10H21NOS/c1-4-6-7-10(3)11-8-9-13(12)5-2/h4,10-11H,1,5-9H2,2-3H3. The molecule has 2 atom stereocenters. The van der Waals surface area contributed by atoms with Crippen LogP contribution in [0.1, 0.15) is 26.7 Å². The van der Waals surface area contributed by atoms with Gasteiger partial charge in [-0.05, 0) is 19.8 Å². The van der Waals surface area contributed by atoms with Crippen molar-refractivity contribution in [2.24, 2.45) is 0 Å². The van der Waals surface area contributed by atoms with Crippen LogP contribution in [0.5, 0.6) is 0 Å². The van der Waals surface area contributed by atoms with Gasteiger partial charge in [0, 0.05) is 34.9 Å². The molecule has 1 N–H and O–H groups in total. The smallest absolute Gasteiger partial charge is 0.0360 e. The van der Waals surface area contributed by atoms with Gasteiger partial charge >= 0.3 is 0 Å². The summed E-state index contributed by atoms with van der Waals surface area (Å²) in [4.78, 5) is 0. The molecule has 0 fully saturated rings. The molecule has 2 unspecified atom stereocenters. The molecular formula is C10H21NOS. The average Bonchev–Trinajstić information content (AvgIpc) is 2.14. The number of allylic oxidation sites excluding steroid dienone is 1. The van der Waals surface area contributed by atoms with Crippen molar-refractivity contribution < 1.29 is 4.21 Å². The van der Waals surface area contributed by atoms with Crippen LogP contribution in [0, 0.1) is 0 Å². The second-order valence-corrected chi connectivity index (χ2v) is 5.02. The highest BCUT2D eigenvalue weighted by atomic mass is 32.2. The average molecular weight is 203 g/mol. The van der Waals surface area contributed by atoms with E-state index in [0.717, 1.165) is 30.9 Å². The van der Waals surface area contributed by atoms with Crippen LogP contribution in [0.3, 0.4) is 0 Å². The van der Waals surface area contributed by atoms with E-state index in [-0.39, 0.29) is 0 Å². The maximum atomic E-state index is 11.1. The first-order chi connectivity index (χ1) is 6.20. The lowest BCUT2D eigenvalue weighted by Crippen LogP contribution is -2.29. The van der Waals surface area contributed by atoms with Gasteiger partial charge in [0.15, 0.2) is 0 Å². The fourth-order valence-corrected chi connectivity index (χ4v) is 1.67. The van der Waals surface area contributed by atoms with E-state index in [1.165, 1.54) is 0 Å². The lowest BCUT2D eigenvalue weighted by molar-refractivity contribution is 0.535. The van der Waals surface area contributed by atoms with E-state index in [9.17, 15) is 4.21 Å². The van der Waals surface area contributed by atoms with E-state index in [1.807, 2.05) is 13.0 Å². The maximum Gasteiger partial charge on any atom is 0.0360 e. The Morgan fingerprint density at radius 1 is 1.62 bits per heavy atom. The molecule has 0 aromatic rings. The van der Waals surface area contributed by atoms with Gasteiger partial charge in [-0.1, -0.05) is 13.0 Å². The van der Waals surface area contributed by atoms with Crippen LogP contribution >= 0.6 is 0 Å². The minimum atomic E-state index is -0.632. The minimum absolute atomic E-state index is 0.506. The summed E-state index contributed by atoms with van der Waals surface area (Å²) in [5, 5.41) is 3.34. The van der Waals surface area contributed by atoms with Crippen LogP contribution in [0.15, 0.2) is 12.7 Å². The Morgan fingerprint density at radius 3 is 2.85 bits per heavy atom. The topological polar surface area (TPSA) is 29.1 Å². The fraction of sp³-hybridized carbons (Fsp3) is 0.800. The van der Waals surface area contributed by atoms with Crippen molar-refractivity contribution in [2.75, 3.05) is 18.1 Å². The van der Waals surface area contributed by atoms with Gasteiger partial charge in [-0.25, -0.2) is 0 Å². The van der Waals surface area contributed by atoms with Crippen molar-refractivity contribution in [2.45, 2.75) is 32.7 Å². The summed E-state index contributed by atoms with van der Waals surface area (Å²) in [7, 11) is -0.632. The molecular weight excluding hydrogens is 182 g/mol. The molecule has 0 bridgehead atoms. The zero-order valence-corrected chi connectivity index (χ0v) is 9.53. The largest absolute Gasteiger partial charge is 0.313 e. The third kappa shape index (κ3) is 8.19. The second-order valence-electron chi connectivity index (χ2n) is 3.15. The Bertz CT molecular complexity index is 159. The summed E-state index contributed by atoms with van der Waals surface area (Å²) >= 11 is 0. The quantitative estimate of drug-likeness (QED) is 0.608. The summed E-state index contributed by atoms with van der Waals surface area (Å²) in [5.74, 6) is 1.54. The van der Waals surface area contributed by atoms with Gasteiger partial charge in [0.05, 0.1) is 0 Å². The first-order valence-corrected chi connectivity index (χ1v) is 6.38. The van der Waals surface area contributed by atoms with Crippen molar-refractivity contribution in [1.82, 2.24) is 5.32 Å². The molecule has 0 rings (SSSR count). The van der Waals surface area contributed by atoms with Crippen LogP contribution in [0.2, 0.25) is 0 Å². The van der Waals surface area contributed by atoms with E-state index < -0.39 is 10.8 Å². The third-order valence-electron chi connectivity index (χ3n) is 1.95. The Hall–Kier alpha value is -0.150. The highest BCUT2D eigenvalue weighted by Crippen LogP contribution is 1.95. The van der Waals surface area contributed by atoms with Gasteiger partial charge in [0.1, 0.15) is 0 Å². The monoisotopic (exact) mass is 203 g/mol. The minimum Gasteiger partial charge on any atom is -0.313 e. The fourth-order valence-electron chi connectivity index (χ4n) is 1.03. The zero-order valence-electron chi connectivity index (χ0n) is 8.71. The predicted molar refractivity (Wildman–Crippen MR) is 60.4 cm³/mol. The zero-order chi connectivity index (χ0) is 10.1. The summed E-state index contributed by atoms with van der Waals surface area (Å²) in [6.45, 7) is 8.64. The van der Waals surface area contributed by atoms with Crippen molar-refractivity contribution >= 4 is 10.8 Å². The number of rotatable bonds is 8. The van der Waals surface area contributed by atoms with E-state index in [4.69, 9.17) is 0 Å². The number of hydrogen-bond donors (Lipinski definition) is 1. The molecule has 78 valence electrons. The molecule has 0 saturated carbocycles. The second kappa shape index (κ2) is 8.45. The SMILES string of the molecule is C=CCCC(C)NCCS(=O)CC. The van der Waals surface area contributed by atoms with Gasteiger partial charge in [0.2, 0.25) is 0 Å². The van der Waals surface area contributed by atoms with Crippen LogP contribution in [-0.4, -0.2) is 28.3 Å². The van der Waals surface area contributed by atoms with Gasteiger partial charge in [-0.3, -0.25) is 4.21 Å². The van der Waals surface area contributed by atoms with Crippen LogP contribution < -0.4 is 5.32 Å². The molecule has 0 aromatic heterocycles. The third-order valence-corrected chi connectivity index (χ3v) is 3.25. The first-order valence-electron chi connectivity index (χ1n) is 4.90. The molecule has 0 spiro atoms. The maximum absolute atomic E-state index is 11.1. The van der Waals surface area contributed by atoms with Crippen molar-refractivity contribution in [3.63, 3.8) is 0 Å². The Balaban J connectivity index is 3.30. The van der Waals surface area contributed by atoms with Crippen molar-refractivity contribution in [1.29, 1.82) is 0 Å². The Morgan fingerprint density at radius 2 is 2.31 bits per heavy atom. The molecule has 0 amide bonds. The van der Waals surface area contributed by atoms with Crippen LogP contribution in [0.4, 0.5) is 0 Å². The molecule has 0 aromatic carbocycles. The predicted octanol–water partition coefficient (Wildman–Crippen LogP) is 1.70. The van der Waals surface area contributed by atoms with Crippen LogP contribution in [-0.2, 0) is 10.8 Å². The molecule has 0 aliphatic heterocycles. The molecule has 13 heavy (non-hydrogen) atoms. The van der Waals surface area contributed by atoms with E-state index in [0.29, 0.717) is 6.04 Å². The summed E-state index contributed by atoms with van der Waals surface area (Å²) in [6.07, 6.45) is 4.09. The lowest BCUT2D eigenvalue weighted by atomic mass is 10.2. The molecule has 3 heteroatoms. The van der Waals surface area contributed by atoms with Crippen molar-refractivity contribution in [3.8, 4) is 0 Å². The Labute approximate surface area is 84.3 Å². The molecule has 0 radical (unpaired) electrons. The lowest BCUT2D eigenvalue weighted by Gasteiger charge is -2.11. The van der Waals surface area contributed by atoms with Crippen molar-refractivity contribution in [3.05, 3.63) is 12.7 Å². The summed E-state index contributed by atoms with van der Waals surface area (Å²) in [6, 6.07) is 0.506. The van der Waals surface area contributed by atoms with Gasteiger partial charge in [-0.15, -0.1) is 6.58 Å². The molecule has 0 heterocycles.